The Hall–Kier alpha value is -2.33. The zero-order chi connectivity index (χ0) is 12.1. The third-order valence-corrected chi connectivity index (χ3v) is 2.29. The van der Waals surface area contributed by atoms with E-state index in [-0.39, 0.29) is 0 Å². The minimum Gasteiger partial charge on any atom is -0.277 e. The average molecular weight is 229 g/mol. The van der Waals surface area contributed by atoms with Crippen molar-refractivity contribution in [3.05, 3.63) is 60.7 Å². The normalized spacial score (nSPS) is 9.71. The number of hydrogen-bond donors (Lipinski definition) is 1. The number of para-hydroxylation sites is 2. The van der Waals surface area contributed by atoms with Crippen molar-refractivity contribution in [3.8, 4) is 0 Å². The van der Waals surface area contributed by atoms with Crippen LogP contribution in [0.2, 0.25) is 0 Å². The maximum Gasteiger partial charge on any atom is 0.450 e. The molecule has 0 saturated carbocycles. The maximum atomic E-state index is 11.6. The van der Waals surface area contributed by atoms with Crippen molar-refractivity contribution in [3.63, 3.8) is 0 Å². The molecule has 2 aromatic rings. The number of anilines is 2. The molecule has 0 aromatic heterocycles. The first-order chi connectivity index (χ1) is 8.33. The SMILES string of the molecule is O=C(OO)N(c1ccccc1)c1ccccc1. The summed E-state index contributed by atoms with van der Waals surface area (Å²) in [6, 6.07) is 17.9. The van der Waals surface area contributed by atoms with Crippen LogP contribution < -0.4 is 4.90 Å². The summed E-state index contributed by atoms with van der Waals surface area (Å²) in [5.41, 5.74) is 1.25. The number of nitrogens with zero attached hydrogens (tertiary/aromatic N) is 1. The molecule has 17 heavy (non-hydrogen) atoms. The van der Waals surface area contributed by atoms with Gasteiger partial charge in [0.1, 0.15) is 0 Å². The van der Waals surface area contributed by atoms with Crippen LogP contribution in [0.5, 0.6) is 0 Å². The minimum absolute atomic E-state index is 0.623. The molecular weight excluding hydrogens is 218 g/mol. The van der Waals surface area contributed by atoms with Crippen LogP contribution in [0.1, 0.15) is 0 Å². The highest BCUT2D eigenvalue weighted by molar-refractivity contribution is 5.95. The Morgan fingerprint density at radius 1 is 0.882 bits per heavy atom. The van der Waals surface area contributed by atoms with Gasteiger partial charge in [-0.1, -0.05) is 36.4 Å². The molecule has 1 amide bonds. The lowest BCUT2D eigenvalue weighted by Crippen LogP contribution is -2.25. The minimum atomic E-state index is -0.845. The first-order valence-corrected chi connectivity index (χ1v) is 5.08. The summed E-state index contributed by atoms with van der Waals surface area (Å²) in [4.78, 5) is 16.7. The molecule has 0 bridgehead atoms. The van der Waals surface area contributed by atoms with E-state index in [1.807, 2.05) is 12.1 Å². The summed E-state index contributed by atoms with van der Waals surface area (Å²) < 4.78 is 0. The Kier molecular flexibility index (Phi) is 3.37. The van der Waals surface area contributed by atoms with Crippen molar-refractivity contribution in [2.45, 2.75) is 0 Å². The summed E-state index contributed by atoms with van der Waals surface area (Å²) in [7, 11) is 0. The zero-order valence-electron chi connectivity index (χ0n) is 8.98. The zero-order valence-corrected chi connectivity index (χ0v) is 8.98. The van der Waals surface area contributed by atoms with Gasteiger partial charge in [0.05, 0.1) is 11.4 Å². The topological polar surface area (TPSA) is 49.8 Å². The Morgan fingerprint density at radius 3 is 1.65 bits per heavy atom. The molecule has 0 aliphatic rings. The largest absolute Gasteiger partial charge is 0.450 e. The molecule has 0 saturated heterocycles. The van der Waals surface area contributed by atoms with Gasteiger partial charge in [0, 0.05) is 0 Å². The summed E-state index contributed by atoms with van der Waals surface area (Å²) in [5, 5.41) is 8.54. The van der Waals surface area contributed by atoms with E-state index >= 15 is 0 Å². The van der Waals surface area contributed by atoms with Gasteiger partial charge >= 0.3 is 6.09 Å². The highest BCUT2D eigenvalue weighted by Gasteiger charge is 2.18. The van der Waals surface area contributed by atoms with Crippen LogP contribution in [0.4, 0.5) is 16.2 Å². The fourth-order valence-corrected chi connectivity index (χ4v) is 1.55. The van der Waals surface area contributed by atoms with E-state index in [0.717, 1.165) is 0 Å². The summed E-state index contributed by atoms with van der Waals surface area (Å²) >= 11 is 0. The molecule has 0 aliphatic carbocycles. The van der Waals surface area contributed by atoms with Gasteiger partial charge in [-0.3, -0.25) is 4.89 Å². The Morgan fingerprint density at radius 2 is 1.29 bits per heavy atom. The lowest BCUT2D eigenvalue weighted by molar-refractivity contribution is -0.174. The molecule has 4 heteroatoms. The van der Waals surface area contributed by atoms with Gasteiger partial charge in [-0.25, -0.2) is 9.69 Å². The first-order valence-electron chi connectivity index (χ1n) is 5.08. The quantitative estimate of drug-likeness (QED) is 0.634. The lowest BCUT2D eigenvalue weighted by Gasteiger charge is -2.19. The molecule has 1 N–H and O–H groups in total. The predicted octanol–water partition coefficient (Wildman–Crippen LogP) is 3.43. The monoisotopic (exact) mass is 229 g/mol. The van der Waals surface area contributed by atoms with Crippen molar-refractivity contribution >= 4 is 17.5 Å². The Bertz CT molecular complexity index is 445. The van der Waals surface area contributed by atoms with E-state index in [1.165, 1.54) is 4.90 Å². The first kappa shape index (κ1) is 11.2. The molecule has 2 aromatic carbocycles. The molecule has 4 nitrogen and oxygen atoms in total. The summed E-state index contributed by atoms with van der Waals surface area (Å²) in [6.45, 7) is 0. The lowest BCUT2D eigenvalue weighted by atomic mass is 10.2. The van der Waals surface area contributed by atoms with E-state index < -0.39 is 6.09 Å². The molecule has 0 spiro atoms. The van der Waals surface area contributed by atoms with Crippen LogP contribution in [-0.2, 0) is 4.89 Å². The van der Waals surface area contributed by atoms with Gasteiger partial charge in [-0.15, -0.1) is 0 Å². The van der Waals surface area contributed by atoms with E-state index in [4.69, 9.17) is 5.26 Å². The smallest absolute Gasteiger partial charge is 0.277 e. The highest BCUT2D eigenvalue weighted by atomic mass is 17.1. The van der Waals surface area contributed by atoms with Crippen LogP contribution in [0.3, 0.4) is 0 Å². The molecular formula is C13H11NO3. The average Bonchev–Trinajstić information content (AvgIpc) is 2.41. The van der Waals surface area contributed by atoms with Crippen molar-refractivity contribution in [1.82, 2.24) is 0 Å². The fourth-order valence-electron chi connectivity index (χ4n) is 1.55. The molecule has 0 aliphatic heterocycles. The van der Waals surface area contributed by atoms with Crippen molar-refractivity contribution in [2.75, 3.05) is 4.90 Å². The highest BCUT2D eigenvalue weighted by Crippen LogP contribution is 2.25. The fraction of sp³-hybridized carbons (Fsp3) is 0. The van der Waals surface area contributed by atoms with Gasteiger partial charge in [0.2, 0.25) is 0 Å². The van der Waals surface area contributed by atoms with Gasteiger partial charge in [-0.2, -0.15) is 5.26 Å². The van der Waals surface area contributed by atoms with E-state index in [9.17, 15) is 4.79 Å². The molecule has 0 atom stereocenters. The predicted molar refractivity (Wildman–Crippen MR) is 64.1 cm³/mol. The van der Waals surface area contributed by atoms with Crippen molar-refractivity contribution < 1.29 is 14.9 Å². The van der Waals surface area contributed by atoms with E-state index in [1.54, 1.807) is 48.5 Å². The van der Waals surface area contributed by atoms with Crippen LogP contribution in [0, 0.1) is 0 Å². The Labute approximate surface area is 98.6 Å². The number of carbonyl (C=O) groups is 1. The van der Waals surface area contributed by atoms with Gasteiger partial charge in [0.25, 0.3) is 0 Å². The standard InChI is InChI=1S/C13H11NO3/c15-13(17-16)14(11-7-3-1-4-8-11)12-9-5-2-6-10-12/h1-10,16H. The van der Waals surface area contributed by atoms with Gasteiger partial charge < -0.3 is 0 Å². The van der Waals surface area contributed by atoms with Gasteiger partial charge in [-0.05, 0) is 24.3 Å². The van der Waals surface area contributed by atoms with Crippen LogP contribution in [-0.4, -0.2) is 11.4 Å². The molecule has 2 rings (SSSR count). The number of benzene rings is 2. The molecule has 86 valence electrons. The number of rotatable bonds is 2. The van der Waals surface area contributed by atoms with Crippen molar-refractivity contribution in [2.24, 2.45) is 0 Å². The second-order valence-electron chi connectivity index (χ2n) is 3.36. The molecule has 0 heterocycles. The second kappa shape index (κ2) is 5.14. The number of amides is 1. The number of hydrogen-bond acceptors (Lipinski definition) is 3. The van der Waals surface area contributed by atoms with Crippen molar-refractivity contribution in [1.29, 1.82) is 0 Å². The van der Waals surface area contributed by atoms with Crippen LogP contribution >= 0.6 is 0 Å². The molecule has 0 fully saturated rings. The third kappa shape index (κ3) is 2.43. The second-order valence-corrected chi connectivity index (χ2v) is 3.36. The van der Waals surface area contributed by atoms with Crippen LogP contribution in [0.15, 0.2) is 60.7 Å². The van der Waals surface area contributed by atoms with Crippen LogP contribution in [0.25, 0.3) is 0 Å². The summed E-state index contributed by atoms with van der Waals surface area (Å²) in [6.07, 6.45) is -0.845. The third-order valence-electron chi connectivity index (χ3n) is 2.29. The molecule has 0 radical (unpaired) electrons. The Balaban J connectivity index is 2.43. The van der Waals surface area contributed by atoms with E-state index in [2.05, 4.69) is 4.89 Å². The maximum absolute atomic E-state index is 11.6. The van der Waals surface area contributed by atoms with E-state index in [0.29, 0.717) is 11.4 Å². The molecule has 0 unspecified atom stereocenters. The summed E-state index contributed by atoms with van der Waals surface area (Å²) in [5.74, 6) is 0. The number of carbonyl (C=O) groups excluding carboxylic acids is 1. The van der Waals surface area contributed by atoms with Gasteiger partial charge in [0.15, 0.2) is 0 Å².